The normalized spacial score (nSPS) is 19.5. The Kier molecular flexibility index (Phi) is 6.83. The van der Waals surface area contributed by atoms with Crippen molar-refractivity contribution in [3.8, 4) is 0 Å². The predicted molar refractivity (Wildman–Crippen MR) is 145 cm³/mol. The van der Waals surface area contributed by atoms with Gasteiger partial charge in [-0.2, -0.15) is 10.1 Å². The maximum absolute atomic E-state index is 12.7. The molecule has 6 nitrogen and oxygen atoms in total. The number of aliphatic imine (C=N–C) groups is 1. The van der Waals surface area contributed by atoms with E-state index in [1.807, 2.05) is 59.6 Å². The van der Waals surface area contributed by atoms with Gasteiger partial charge in [-0.3, -0.25) is 9.59 Å². The molecule has 176 valence electrons. The molecule has 0 fully saturated rings. The molecule has 0 radical (unpaired) electrons. The first-order valence-corrected chi connectivity index (χ1v) is 13.0. The number of anilines is 1. The summed E-state index contributed by atoms with van der Waals surface area (Å²) in [5.74, 6) is -0.516. The highest BCUT2D eigenvalue weighted by Gasteiger charge is 2.39. The van der Waals surface area contributed by atoms with Crippen LogP contribution in [0.2, 0.25) is 0 Å². The number of halogens is 1. The molecular weight excluding hydrogens is 524 g/mol. The van der Waals surface area contributed by atoms with Gasteiger partial charge in [-0.05, 0) is 42.3 Å². The van der Waals surface area contributed by atoms with Crippen molar-refractivity contribution < 1.29 is 9.59 Å². The fraction of sp³-hybridized carbons (Fsp3) is 0.185. The zero-order chi connectivity index (χ0) is 24.4. The molecule has 5 rings (SSSR count). The molecule has 0 spiro atoms. The van der Waals surface area contributed by atoms with Gasteiger partial charge in [0.05, 0.1) is 11.8 Å². The molecule has 3 aromatic carbocycles. The lowest BCUT2D eigenvalue weighted by Crippen LogP contribution is -2.25. The number of hydrogen-bond acceptors (Lipinski definition) is 5. The highest BCUT2D eigenvalue weighted by molar-refractivity contribution is 9.10. The van der Waals surface area contributed by atoms with E-state index in [2.05, 4.69) is 57.4 Å². The Morgan fingerprint density at radius 2 is 1.77 bits per heavy atom. The number of rotatable bonds is 5. The van der Waals surface area contributed by atoms with Gasteiger partial charge in [0, 0.05) is 23.0 Å². The van der Waals surface area contributed by atoms with Crippen LogP contribution in [0.4, 0.5) is 5.69 Å². The number of thioether (sulfide) groups is 1. The van der Waals surface area contributed by atoms with Crippen molar-refractivity contribution in [2.24, 2.45) is 10.1 Å². The standard InChI is InChI=1S/C27H23BrN4O2S/c1-17-7-9-19(10-8-17)23-15-22(18-11-13-20(28)14-12-18)31-32(23)27-30-26(34)24(35-27)16-25(33)29-21-5-3-2-4-6-21/h2-14,23-24H,15-16H2,1H3,(H,29,33)/t23-,24-/m0/s1. The summed E-state index contributed by atoms with van der Waals surface area (Å²) in [5, 5.41) is 9.55. The fourth-order valence-corrected chi connectivity index (χ4v) is 5.38. The molecule has 2 heterocycles. The van der Waals surface area contributed by atoms with Crippen LogP contribution in [0, 0.1) is 6.92 Å². The monoisotopic (exact) mass is 546 g/mol. The molecule has 1 N–H and O–H groups in total. The lowest BCUT2D eigenvalue weighted by Gasteiger charge is -2.23. The summed E-state index contributed by atoms with van der Waals surface area (Å²) in [6.45, 7) is 2.06. The Hall–Kier alpha value is -3.23. The van der Waals surface area contributed by atoms with Gasteiger partial charge in [0.2, 0.25) is 5.91 Å². The highest BCUT2D eigenvalue weighted by atomic mass is 79.9. The minimum Gasteiger partial charge on any atom is -0.326 e. The quantitative estimate of drug-likeness (QED) is 0.430. The summed E-state index contributed by atoms with van der Waals surface area (Å²) in [4.78, 5) is 29.6. The van der Waals surface area contributed by atoms with Crippen LogP contribution in [0.1, 0.15) is 35.6 Å². The Labute approximate surface area is 216 Å². The lowest BCUT2D eigenvalue weighted by molar-refractivity contribution is -0.121. The van der Waals surface area contributed by atoms with Gasteiger partial charge in [-0.25, -0.2) is 5.01 Å². The second kappa shape index (κ2) is 10.2. The number of nitrogens with one attached hydrogen (secondary N) is 1. The molecule has 0 aliphatic carbocycles. The summed E-state index contributed by atoms with van der Waals surface area (Å²) in [5.41, 5.74) is 4.95. The van der Waals surface area contributed by atoms with Crippen LogP contribution in [-0.4, -0.2) is 33.0 Å². The first kappa shape index (κ1) is 23.5. The third kappa shape index (κ3) is 5.39. The van der Waals surface area contributed by atoms with E-state index in [0.29, 0.717) is 17.3 Å². The number of benzene rings is 3. The molecule has 2 amide bonds. The molecule has 8 heteroatoms. The number of amidine groups is 1. The molecule has 0 aromatic heterocycles. The molecule has 3 aromatic rings. The van der Waals surface area contributed by atoms with Gasteiger partial charge in [0.25, 0.3) is 5.91 Å². The van der Waals surface area contributed by atoms with E-state index in [1.165, 1.54) is 17.3 Å². The van der Waals surface area contributed by atoms with E-state index < -0.39 is 5.25 Å². The van der Waals surface area contributed by atoms with E-state index in [-0.39, 0.29) is 24.3 Å². The second-order valence-corrected chi connectivity index (χ2v) is 10.6. The predicted octanol–water partition coefficient (Wildman–Crippen LogP) is 5.94. The van der Waals surface area contributed by atoms with Gasteiger partial charge >= 0.3 is 0 Å². The molecule has 2 aliphatic rings. The number of hydrazone groups is 1. The van der Waals surface area contributed by atoms with Crippen LogP contribution in [-0.2, 0) is 9.59 Å². The summed E-state index contributed by atoms with van der Waals surface area (Å²) in [6.07, 6.45) is 0.745. The number of nitrogens with zero attached hydrogens (tertiary/aromatic N) is 3. The van der Waals surface area contributed by atoms with Crippen molar-refractivity contribution in [3.63, 3.8) is 0 Å². The number of para-hydroxylation sites is 1. The van der Waals surface area contributed by atoms with E-state index in [1.54, 1.807) is 0 Å². The molecular formula is C27H23BrN4O2S. The SMILES string of the molecule is Cc1ccc([C@@H]2CC(c3ccc(Br)cc3)=NN2C2=NC(=O)[C@H](CC(=O)Nc3ccccc3)S2)cc1. The van der Waals surface area contributed by atoms with Crippen molar-refractivity contribution in [1.29, 1.82) is 0 Å². The third-order valence-electron chi connectivity index (χ3n) is 5.90. The van der Waals surface area contributed by atoms with Crippen molar-refractivity contribution in [1.82, 2.24) is 5.01 Å². The Bertz CT molecular complexity index is 1310. The minimum absolute atomic E-state index is 0.0533. The summed E-state index contributed by atoms with van der Waals surface area (Å²) < 4.78 is 1.00. The van der Waals surface area contributed by atoms with Crippen LogP contribution >= 0.6 is 27.7 Å². The average molecular weight is 547 g/mol. The Morgan fingerprint density at radius 1 is 1.06 bits per heavy atom. The lowest BCUT2D eigenvalue weighted by atomic mass is 9.98. The Balaban J connectivity index is 1.36. The second-order valence-electron chi connectivity index (χ2n) is 8.49. The van der Waals surface area contributed by atoms with E-state index in [4.69, 9.17) is 5.10 Å². The molecule has 0 saturated carbocycles. The first-order chi connectivity index (χ1) is 17.0. The third-order valence-corrected chi connectivity index (χ3v) is 7.57. The smallest absolute Gasteiger partial charge is 0.262 e. The fourth-order valence-electron chi connectivity index (χ4n) is 4.06. The molecule has 2 atom stereocenters. The topological polar surface area (TPSA) is 74.1 Å². The van der Waals surface area contributed by atoms with E-state index >= 15 is 0 Å². The molecule has 2 aliphatic heterocycles. The summed E-state index contributed by atoms with van der Waals surface area (Å²) in [6, 6.07) is 25.6. The zero-order valence-electron chi connectivity index (χ0n) is 19.0. The maximum Gasteiger partial charge on any atom is 0.262 e. The van der Waals surface area contributed by atoms with Gasteiger partial charge in [0.15, 0.2) is 5.17 Å². The van der Waals surface area contributed by atoms with Crippen LogP contribution < -0.4 is 5.32 Å². The van der Waals surface area contributed by atoms with Crippen molar-refractivity contribution in [3.05, 3.63) is 100 Å². The van der Waals surface area contributed by atoms with Crippen LogP contribution in [0.15, 0.2) is 93.4 Å². The average Bonchev–Trinajstić information content (AvgIpc) is 3.45. The van der Waals surface area contributed by atoms with Crippen LogP contribution in [0.3, 0.4) is 0 Å². The largest absolute Gasteiger partial charge is 0.326 e. The first-order valence-electron chi connectivity index (χ1n) is 11.3. The van der Waals surface area contributed by atoms with Gasteiger partial charge < -0.3 is 5.32 Å². The highest BCUT2D eigenvalue weighted by Crippen LogP contribution is 2.38. The maximum atomic E-state index is 12.7. The summed E-state index contributed by atoms with van der Waals surface area (Å²) in [7, 11) is 0. The van der Waals surface area contributed by atoms with Gasteiger partial charge in [-0.1, -0.05) is 87.9 Å². The van der Waals surface area contributed by atoms with Gasteiger partial charge in [0.1, 0.15) is 5.25 Å². The zero-order valence-corrected chi connectivity index (χ0v) is 21.4. The number of amides is 2. The molecule has 0 saturated heterocycles. The number of carbonyl (C=O) groups excluding carboxylic acids is 2. The number of hydrogen-bond donors (Lipinski definition) is 1. The Morgan fingerprint density at radius 3 is 2.49 bits per heavy atom. The van der Waals surface area contributed by atoms with E-state index in [9.17, 15) is 9.59 Å². The molecule has 0 unspecified atom stereocenters. The van der Waals surface area contributed by atoms with Crippen molar-refractivity contribution >= 4 is 56.1 Å². The molecule has 35 heavy (non-hydrogen) atoms. The number of carbonyl (C=O) groups is 2. The van der Waals surface area contributed by atoms with Crippen LogP contribution in [0.5, 0.6) is 0 Å². The summed E-state index contributed by atoms with van der Waals surface area (Å²) >= 11 is 4.79. The van der Waals surface area contributed by atoms with Crippen molar-refractivity contribution in [2.75, 3.05) is 5.32 Å². The van der Waals surface area contributed by atoms with Crippen LogP contribution in [0.25, 0.3) is 0 Å². The minimum atomic E-state index is -0.570. The van der Waals surface area contributed by atoms with Crippen molar-refractivity contribution in [2.45, 2.75) is 31.1 Å². The van der Waals surface area contributed by atoms with E-state index in [0.717, 1.165) is 21.3 Å². The molecule has 0 bridgehead atoms. The van der Waals surface area contributed by atoms with Gasteiger partial charge in [-0.15, -0.1) is 0 Å². The number of aryl methyl sites for hydroxylation is 1.